The molecule has 6 nitrogen and oxygen atoms in total. The van der Waals surface area contributed by atoms with Gasteiger partial charge in [-0.3, -0.25) is 9.59 Å². The van der Waals surface area contributed by atoms with Gasteiger partial charge in [0, 0.05) is 30.4 Å². The van der Waals surface area contributed by atoms with Crippen molar-refractivity contribution in [2.75, 3.05) is 0 Å². The Morgan fingerprint density at radius 2 is 2.36 bits per heavy atom. The molecule has 0 spiro atoms. The van der Waals surface area contributed by atoms with E-state index in [1.54, 1.807) is 17.3 Å². The molecule has 2 aromatic rings. The number of nitrogens with one attached hydrogen (secondary N) is 2. The van der Waals surface area contributed by atoms with Crippen molar-refractivity contribution in [2.45, 2.75) is 51.2 Å². The van der Waals surface area contributed by atoms with Gasteiger partial charge >= 0.3 is 0 Å². The van der Waals surface area contributed by atoms with E-state index in [0.717, 1.165) is 35.9 Å². The Hall–Kier alpha value is -2.63. The topological polar surface area (TPSA) is 78.1 Å². The van der Waals surface area contributed by atoms with Crippen LogP contribution in [0.15, 0.2) is 30.6 Å². The molecule has 2 aliphatic rings. The highest BCUT2D eigenvalue weighted by atomic mass is 16.2. The van der Waals surface area contributed by atoms with Crippen LogP contribution in [0.1, 0.15) is 48.5 Å². The van der Waals surface area contributed by atoms with Crippen LogP contribution in [0.4, 0.5) is 0 Å². The zero-order valence-electron chi connectivity index (χ0n) is 14.3. The van der Waals surface area contributed by atoms with Crippen molar-refractivity contribution >= 4 is 22.8 Å². The zero-order valence-corrected chi connectivity index (χ0v) is 14.3. The molecule has 0 bridgehead atoms. The third-order valence-corrected chi connectivity index (χ3v) is 5.17. The molecule has 2 aromatic heterocycles. The molecule has 0 saturated carbocycles. The maximum atomic E-state index is 12.9. The minimum absolute atomic E-state index is 0.0552. The van der Waals surface area contributed by atoms with Crippen molar-refractivity contribution in [3.05, 3.63) is 41.7 Å². The van der Waals surface area contributed by atoms with Gasteiger partial charge in [0.25, 0.3) is 5.91 Å². The third kappa shape index (κ3) is 2.71. The number of carbonyl (C=O) groups excluding carboxylic acids is 2. The minimum atomic E-state index is -0.454. The number of amides is 2. The average molecular weight is 338 g/mol. The maximum absolute atomic E-state index is 12.9. The van der Waals surface area contributed by atoms with E-state index in [0.29, 0.717) is 18.5 Å². The van der Waals surface area contributed by atoms with Crippen molar-refractivity contribution in [1.82, 2.24) is 20.2 Å². The Kier molecular flexibility index (Phi) is 4.03. The molecule has 25 heavy (non-hydrogen) atoms. The summed E-state index contributed by atoms with van der Waals surface area (Å²) in [6.07, 6.45) is 11.1. The lowest BCUT2D eigenvalue weighted by molar-refractivity contribution is -0.126. The van der Waals surface area contributed by atoms with Gasteiger partial charge in [0.05, 0.1) is 5.56 Å². The van der Waals surface area contributed by atoms with Crippen LogP contribution >= 0.6 is 0 Å². The Balaban J connectivity index is 1.58. The molecule has 130 valence electrons. The van der Waals surface area contributed by atoms with E-state index < -0.39 is 6.04 Å². The summed E-state index contributed by atoms with van der Waals surface area (Å²) in [4.78, 5) is 34.8. The molecule has 0 fully saturated rings. The predicted molar refractivity (Wildman–Crippen MR) is 95.0 cm³/mol. The molecule has 1 unspecified atom stereocenters. The van der Waals surface area contributed by atoms with Crippen molar-refractivity contribution in [2.24, 2.45) is 0 Å². The highest BCUT2D eigenvalue weighted by Gasteiger charge is 2.35. The van der Waals surface area contributed by atoms with E-state index in [2.05, 4.69) is 27.4 Å². The summed E-state index contributed by atoms with van der Waals surface area (Å²) in [6.45, 7) is 2.40. The zero-order chi connectivity index (χ0) is 17.4. The van der Waals surface area contributed by atoms with Gasteiger partial charge in [-0.1, -0.05) is 19.1 Å². The van der Waals surface area contributed by atoms with Crippen LogP contribution in [-0.4, -0.2) is 38.8 Å². The Morgan fingerprint density at radius 3 is 3.12 bits per heavy atom. The number of rotatable bonds is 4. The summed E-state index contributed by atoms with van der Waals surface area (Å²) in [5.41, 5.74) is 2.37. The summed E-state index contributed by atoms with van der Waals surface area (Å²) < 4.78 is 0. The second-order valence-corrected chi connectivity index (χ2v) is 6.74. The Morgan fingerprint density at radius 1 is 1.48 bits per heavy atom. The summed E-state index contributed by atoms with van der Waals surface area (Å²) in [6, 6.07) is 1.64. The minimum Gasteiger partial charge on any atom is -0.351 e. The molecule has 6 heteroatoms. The van der Waals surface area contributed by atoms with Gasteiger partial charge in [-0.2, -0.15) is 0 Å². The van der Waals surface area contributed by atoms with Crippen LogP contribution in [0.2, 0.25) is 0 Å². The van der Waals surface area contributed by atoms with Gasteiger partial charge in [0.15, 0.2) is 0 Å². The van der Waals surface area contributed by atoms with Crippen LogP contribution in [0, 0.1) is 0 Å². The van der Waals surface area contributed by atoms with Gasteiger partial charge in [0.1, 0.15) is 11.7 Å². The molecule has 4 rings (SSSR count). The lowest BCUT2D eigenvalue weighted by atomic mass is 9.98. The number of hydrogen-bond acceptors (Lipinski definition) is 3. The van der Waals surface area contributed by atoms with Gasteiger partial charge in [-0.15, -0.1) is 0 Å². The molecular formula is C19H22N4O2. The summed E-state index contributed by atoms with van der Waals surface area (Å²) in [5.74, 6) is -0.155. The number of hydrogen-bond donors (Lipinski definition) is 2. The van der Waals surface area contributed by atoms with Gasteiger partial charge in [-0.25, -0.2) is 4.98 Å². The van der Waals surface area contributed by atoms with E-state index in [9.17, 15) is 9.59 Å². The lowest BCUT2D eigenvalue weighted by Gasteiger charge is -2.34. The van der Waals surface area contributed by atoms with Crippen LogP contribution in [0.3, 0.4) is 0 Å². The number of nitrogens with zero attached hydrogens (tertiary/aromatic N) is 2. The monoisotopic (exact) mass is 338 g/mol. The molecule has 0 radical (unpaired) electrons. The number of H-pyrrole nitrogens is 1. The SMILES string of the molecule is CC[C@H](C(=O)NC1CC=CCC1)N1Cc2ccnc3[nH]cc(c23)C1=O. The van der Waals surface area contributed by atoms with Crippen molar-refractivity contribution < 1.29 is 9.59 Å². The van der Waals surface area contributed by atoms with Crippen molar-refractivity contribution in [3.63, 3.8) is 0 Å². The molecule has 0 aromatic carbocycles. The van der Waals surface area contributed by atoms with Gasteiger partial charge in [0.2, 0.25) is 5.91 Å². The van der Waals surface area contributed by atoms with Crippen molar-refractivity contribution in [3.8, 4) is 0 Å². The Labute approximate surface area is 146 Å². The molecule has 1 aliphatic carbocycles. The first-order valence-electron chi connectivity index (χ1n) is 8.90. The first-order valence-corrected chi connectivity index (χ1v) is 8.90. The number of aromatic amines is 1. The van der Waals surface area contributed by atoms with Crippen LogP contribution < -0.4 is 5.32 Å². The molecule has 2 atom stereocenters. The van der Waals surface area contributed by atoms with E-state index in [-0.39, 0.29) is 17.9 Å². The van der Waals surface area contributed by atoms with Crippen LogP contribution in [0.5, 0.6) is 0 Å². The first kappa shape index (κ1) is 15.9. The summed E-state index contributed by atoms with van der Waals surface area (Å²) >= 11 is 0. The predicted octanol–water partition coefficient (Wildman–Crippen LogP) is 2.52. The standard InChI is InChI=1S/C19H22N4O2/c1-2-15(18(24)22-13-6-4-3-5-7-13)23-11-12-8-9-20-17-16(12)14(10-21-17)19(23)25/h3-4,8-10,13,15H,2,5-7,11H2,1H3,(H,20,21)(H,22,24)/t13?,15-/m1/s1. The highest BCUT2D eigenvalue weighted by molar-refractivity contribution is 6.10. The Bertz CT molecular complexity index is 854. The quantitative estimate of drug-likeness (QED) is 0.841. The molecule has 2 N–H and O–H groups in total. The first-order chi connectivity index (χ1) is 12.2. The smallest absolute Gasteiger partial charge is 0.257 e. The molecule has 3 heterocycles. The largest absolute Gasteiger partial charge is 0.351 e. The fourth-order valence-corrected chi connectivity index (χ4v) is 3.86. The highest BCUT2D eigenvalue weighted by Crippen LogP contribution is 2.30. The van der Waals surface area contributed by atoms with Crippen molar-refractivity contribution in [1.29, 1.82) is 0 Å². The third-order valence-electron chi connectivity index (χ3n) is 5.17. The van der Waals surface area contributed by atoms with Gasteiger partial charge < -0.3 is 15.2 Å². The second kappa shape index (κ2) is 6.35. The lowest BCUT2D eigenvalue weighted by Crippen LogP contribution is -2.52. The fourth-order valence-electron chi connectivity index (χ4n) is 3.86. The average Bonchev–Trinajstić information content (AvgIpc) is 3.06. The molecular weight excluding hydrogens is 316 g/mol. The van der Waals surface area contributed by atoms with E-state index in [1.165, 1.54) is 0 Å². The number of aromatic nitrogens is 2. The summed E-state index contributed by atoms with van der Waals surface area (Å²) in [5, 5.41) is 4.01. The van der Waals surface area contributed by atoms with E-state index in [4.69, 9.17) is 0 Å². The van der Waals surface area contributed by atoms with Crippen LogP contribution in [0.25, 0.3) is 11.0 Å². The van der Waals surface area contributed by atoms with Gasteiger partial charge in [-0.05, 0) is 37.3 Å². The molecule has 2 amide bonds. The normalized spacial score (nSPS) is 20.8. The number of pyridine rings is 1. The molecule has 0 saturated heterocycles. The maximum Gasteiger partial charge on any atom is 0.257 e. The van der Waals surface area contributed by atoms with Crippen LogP contribution in [-0.2, 0) is 11.3 Å². The van der Waals surface area contributed by atoms with E-state index in [1.807, 2.05) is 13.0 Å². The number of carbonyl (C=O) groups is 2. The molecule has 1 aliphatic heterocycles. The fraction of sp³-hybridized carbons (Fsp3) is 0.421. The second-order valence-electron chi connectivity index (χ2n) is 6.74. The van der Waals surface area contributed by atoms with E-state index >= 15 is 0 Å². The summed E-state index contributed by atoms with van der Waals surface area (Å²) in [7, 11) is 0. The number of allylic oxidation sites excluding steroid dienone is 1.